The van der Waals surface area contributed by atoms with Crippen LogP contribution in [0.4, 0.5) is 4.39 Å². The minimum absolute atomic E-state index is 0.164. The van der Waals surface area contributed by atoms with E-state index >= 15 is 0 Å². The molecule has 1 rings (SSSR count). The lowest BCUT2D eigenvalue weighted by Gasteiger charge is -2.26. The Balaban J connectivity index is 2.75. The van der Waals surface area contributed by atoms with Crippen LogP contribution in [0.15, 0.2) is 29.3 Å². The monoisotopic (exact) mass is 371 g/mol. The Hall–Kier alpha value is -1.63. The molecule has 0 unspecified atom stereocenters. The molecule has 0 saturated carbocycles. The molecule has 1 aromatic rings. The van der Waals surface area contributed by atoms with E-state index < -0.39 is 9.84 Å². The molecular weight excluding hydrogens is 341 g/mol. The minimum Gasteiger partial charge on any atom is -0.357 e. The van der Waals surface area contributed by atoms with Gasteiger partial charge in [-0.05, 0) is 36.5 Å². The molecule has 0 heterocycles. The van der Waals surface area contributed by atoms with Crippen molar-refractivity contribution in [1.82, 2.24) is 10.2 Å². The molecular formula is C18H30FN3O2S. The predicted octanol–water partition coefficient (Wildman–Crippen LogP) is 2.68. The fourth-order valence-corrected chi connectivity index (χ4v) is 3.16. The maximum atomic E-state index is 13.0. The Morgan fingerprint density at radius 2 is 1.88 bits per heavy atom. The average molecular weight is 372 g/mol. The second-order valence-electron chi connectivity index (χ2n) is 7.20. The Morgan fingerprint density at radius 1 is 1.28 bits per heavy atom. The van der Waals surface area contributed by atoms with Gasteiger partial charge in [-0.3, -0.25) is 4.99 Å². The molecule has 0 aromatic heterocycles. The van der Waals surface area contributed by atoms with E-state index in [4.69, 9.17) is 0 Å². The van der Waals surface area contributed by atoms with E-state index in [-0.39, 0.29) is 17.0 Å². The normalized spacial score (nSPS) is 13.0. The molecule has 142 valence electrons. The molecule has 0 fully saturated rings. The van der Waals surface area contributed by atoms with Crippen LogP contribution in [0.2, 0.25) is 0 Å². The zero-order valence-corrected chi connectivity index (χ0v) is 16.7. The summed E-state index contributed by atoms with van der Waals surface area (Å²) in [5.74, 6) is 0.663. The number of nitrogens with zero attached hydrogens (tertiary/aromatic N) is 2. The summed E-state index contributed by atoms with van der Waals surface area (Å²) in [6.07, 6.45) is 1.82. The molecule has 25 heavy (non-hydrogen) atoms. The Morgan fingerprint density at radius 3 is 2.40 bits per heavy atom. The van der Waals surface area contributed by atoms with Crippen LogP contribution >= 0.6 is 0 Å². The molecule has 7 heteroatoms. The summed E-state index contributed by atoms with van der Waals surface area (Å²) in [7, 11) is -1.05. The summed E-state index contributed by atoms with van der Waals surface area (Å²) in [5, 5.41) is 3.24. The van der Waals surface area contributed by atoms with Gasteiger partial charge in [0.2, 0.25) is 0 Å². The van der Waals surface area contributed by atoms with E-state index in [1.807, 2.05) is 32.7 Å². The molecule has 0 radical (unpaired) electrons. The van der Waals surface area contributed by atoms with Crippen LogP contribution in [-0.2, 0) is 16.4 Å². The molecule has 0 aliphatic rings. The molecule has 1 aromatic carbocycles. The largest absolute Gasteiger partial charge is 0.357 e. The van der Waals surface area contributed by atoms with Crippen LogP contribution in [0.5, 0.6) is 0 Å². The highest BCUT2D eigenvalue weighted by Crippen LogP contribution is 2.21. The lowest BCUT2D eigenvalue weighted by molar-refractivity contribution is 0.361. The first-order valence-corrected chi connectivity index (χ1v) is 10.5. The van der Waals surface area contributed by atoms with Crippen LogP contribution in [0.1, 0.15) is 32.8 Å². The predicted molar refractivity (Wildman–Crippen MR) is 102 cm³/mol. The number of hydrogen-bond acceptors (Lipinski definition) is 3. The van der Waals surface area contributed by atoms with E-state index in [1.165, 1.54) is 18.4 Å². The zero-order chi connectivity index (χ0) is 19.1. The van der Waals surface area contributed by atoms with E-state index in [0.717, 1.165) is 18.1 Å². The van der Waals surface area contributed by atoms with E-state index in [2.05, 4.69) is 10.3 Å². The quantitative estimate of drug-likeness (QED) is 0.564. The van der Waals surface area contributed by atoms with E-state index in [0.29, 0.717) is 19.5 Å². The summed E-state index contributed by atoms with van der Waals surface area (Å²) < 4.78 is 35.8. The van der Waals surface area contributed by atoms with Crippen molar-refractivity contribution in [2.45, 2.75) is 33.7 Å². The molecule has 0 amide bonds. The fourth-order valence-electron chi connectivity index (χ4n) is 2.24. The number of benzene rings is 1. The summed E-state index contributed by atoms with van der Waals surface area (Å²) in [5.41, 5.74) is 0.784. The molecule has 0 atom stereocenters. The van der Waals surface area contributed by atoms with Crippen molar-refractivity contribution in [3.8, 4) is 0 Å². The summed E-state index contributed by atoms with van der Waals surface area (Å²) in [4.78, 5) is 6.64. The maximum absolute atomic E-state index is 13.0. The summed E-state index contributed by atoms with van der Waals surface area (Å²) >= 11 is 0. The van der Waals surface area contributed by atoms with Crippen molar-refractivity contribution < 1.29 is 12.8 Å². The van der Waals surface area contributed by atoms with Crippen LogP contribution < -0.4 is 5.32 Å². The third-order valence-corrected chi connectivity index (χ3v) is 4.78. The first-order valence-electron chi connectivity index (χ1n) is 8.44. The minimum atomic E-state index is -2.97. The molecule has 0 aliphatic heterocycles. The molecule has 0 bridgehead atoms. The number of rotatable bonds is 8. The maximum Gasteiger partial charge on any atom is 0.193 e. The molecule has 1 N–H and O–H groups in total. The number of hydrogen-bond donors (Lipinski definition) is 1. The number of halogens is 1. The fraction of sp³-hybridized carbons (Fsp3) is 0.611. The summed E-state index contributed by atoms with van der Waals surface area (Å²) in [6, 6.07) is 6.40. The van der Waals surface area contributed by atoms with Crippen molar-refractivity contribution >= 4 is 15.8 Å². The van der Waals surface area contributed by atoms with Crippen molar-refractivity contribution in [3.05, 3.63) is 35.6 Å². The second-order valence-corrected chi connectivity index (χ2v) is 9.46. The lowest BCUT2D eigenvalue weighted by atomic mass is 9.90. The average Bonchev–Trinajstić information content (AvgIpc) is 2.51. The summed E-state index contributed by atoms with van der Waals surface area (Å²) in [6.45, 7) is 7.90. The third-order valence-electron chi connectivity index (χ3n) is 3.84. The van der Waals surface area contributed by atoms with Gasteiger partial charge in [0.15, 0.2) is 5.96 Å². The highest BCUT2D eigenvalue weighted by molar-refractivity contribution is 7.90. The van der Waals surface area contributed by atoms with Gasteiger partial charge in [0, 0.05) is 32.9 Å². The highest BCUT2D eigenvalue weighted by atomic mass is 32.2. The number of nitrogens with one attached hydrogen (secondary N) is 1. The van der Waals surface area contributed by atoms with Crippen LogP contribution in [-0.4, -0.2) is 51.4 Å². The Kier molecular flexibility index (Phi) is 7.86. The van der Waals surface area contributed by atoms with Crippen molar-refractivity contribution in [2.24, 2.45) is 10.4 Å². The third kappa shape index (κ3) is 8.86. The van der Waals surface area contributed by atoms with Gasteiger partial charge < -0.3 is 10.2 Å². The smallest absolute Gasteiger partial charge is 0.193 e. The first kappa shape index (κ1) is 21.4. The highest BCUT2D eigenvalue weighted by Gasteiger charge is 2.20. The number of aliphatic imine (C=N–C) groups is 1. The standard InChI is InChI=1S/C18H30FN3O2S/c1-6-20-17(21-14-18(2,3)11-12-25(5,23)24)22(4)13-15-7-9-16(19)10-8-15/h7-10H,6,11-14H2,1-5H3,(H,20,21). The molecule has 5 nitrogen and oxygen atoms in total. The van der Waals surface area contributed by atoms with Gasteiger partial charge in [0.1, 0.15) is 15.7 Å². The van der Waals surface area contributed by atoms with Crippen molar-refractivity contribution in [3.63, 3.8) is 0 Å². The van der Waals surface area contributed by atoms with Gasteiger partial charge in [-0.1, -0.05) is 26.0 Å². The Bertz CT molecular complexity index is 670. The van der Waals surface area contributed by atoms with Gasteiger partial charge in [0.25, 0.3) is 0 Å². The van der Waals surface area contributed by atoms with E-state index in [9.17, 15) is 12.8 Å². The van der Waals surface area contributed by atoms with Gasteiger partial charge in [-0.25, -0.2) is 12.8 Å². The van der Waals surface area contributed by atoms with Crippen LogP contribution in [0, 0.1) is 11.2 Å². The number of guanidine groups is 1. The zero-order valence-electron chi connectivity index (χ0n) is 15.8. The van der Waals surface area contributed by atoms with Crippen LogP contribution in [0.25, 0.3) is 0 Å². The molecule has 0 saturated heterocycles. The van der Waals surface area contributed by atoms with Gasteiger partial charge >= 0.3 is 0 Å². The van der Waals surface area contributed by atoms with Gasteiger partial charge in [0.05, 0.1) is 5.75 Å². The molecule has 0 spiro atoms. The SMILES string of the molecule is CCNC(=NCC(C)(C)CCS(C)(=O)=O)N(C)Cc1ccc(F)cc1. The van der Waals surface area contributed by atoms with Gasteiger partial charge in [-0.15, -0.1) is 0 Å². The Labute approximate surface area is 151 Å². The molecule has 0 aliphatic carbocycles. The van der Waals surface area contributed by atoms with Gasteiger partial charge in [-0.2, -0.15) is 0 Å². The van der Waals surface area contributed by atoms with E-state index in [1.54, 1.807) is 12.1 Å². The van der Waals surface area contributed by atoms with Crippen LogP contribution in [0.3, 0.4) is 0 Å². The van der Waals surface area contributed by atoms with Crippen molar-refractivity contribution in [1.29, 1.82) is 0 Å². The topological polar surface area (TPSA) is 61.8 Å². The second kappa shape index (κ2) is 9.17. The lowest BCUT2D eigenvalue weighted by Crippen LogP contribution is -2.39. The number of sulfone groups is 1. The first-order chi connectivity index (χ1) is 11.5. The van der Waals surface area contributed by atoms with Crippen molar-refractivity contribution in [2.75, 3.05) is 32.1 Å².